The molecule has 0 spiro atoms. The maximum Gasteiger partial charge on any atom is 0.230 e. The van der Waals surface area contributed by atoms with Crippen LogP contribution < -0.4 is 5.73 Å². The number of hydrogen-bond acceptors (Lipinski definition) is 3. The topological polar surface area (TPSA) is 52.0 Å². The highest BCUT2D eigenvalue weighted by atomic mass is 35.5. The highest BCUT2D eigenvalue weighted by Gasteiger charge is 2.21. The zero-order valence-electron chi connectivity index (χ0n) is 10.3. The van der Waals surface area contributed by atoms with Gasteiger partial charge in [-0.3, -0.25) is 0 Å². The van der Waals surface area contributed by atoms with Gasteiger partial charge in [-0.1, -0.05) is 47.1 Å². The highest BCUT2D eigenvalue weighted by Crippen LogP contribution is 2.39. The second-order valence-corrected chi connectivity index (χ2v) is 4.64. The SMILES string of the molecule is Nc1onc(-c2ccccc2F)c1-c1ccccc1Cl. The molecule has 0 unspecified atom stereocenters. The Balaban J connectivity index is 2.26. The highest BCUT2D eigenvalue weighted by molar-refractivity contribution is 6.33. The Bertz CT molecular complexity index is 770. The summed E-state index contributed by atoms with van der Waals surface area (Å²) in [5, 5.41) is 4.37. The maximum atomic E-state index is 13.9. The number of halogens is 2. The number of nitrogens with two attached hydrogens (primary N) is 1. The summed E-state index contributed by atoms with van der Waals surface area (Å²) in [5.41, 5.74) is 7.64. The molecular formula is C15H10ClFN2O. The van der Waals surface area contributed by atoms with Crippen LogP contribution in [0.1, 0.15) is 0 Å². The molecule has 0 fully saturated rings. The van der Waals surface area contributed by atoms with Crippen molar-refractivity contribution in [3.05, 3.63) is 59.4 Å². The fourth-order valence-corrected chi connectivity index (χ4v) is 2.29. The van der Waals surface area contributed by atoms with E-state index in [2.05, 4.69) is 5.16 Å². The van der Waals surface area contributed by atoms with Crippen molar-refractivity contribution >= 4 is 17.5 Å². The first-order chi connectivity index (χ1) is 9.68. The third-order valence-corrected chi connectivity index (χ3v) is 3.32. The molecule has 1 heterocycles. The molecule has 0 saturated carbocycles. The molecule has 0 atom stereocenters. The van der Waals surface area contributed by atoms with Crippen LogP contribution in [-0.4, -0.2) is 5.16 Å². The quantitative estimate of drug-likeness (QED) is 0.761. The summed E-state index contributed by atoms with van der Waals surface area (Å²) in [7, 11) is 0. The minimum Gasteiger partial charge on any atom is -0.367 e. The van der Waals surface area contributed by atoms with Crippen LogP contribution in [0.5, 0.6) is 0 Å². The molecule has 3 aromatic rings. The van der Waals surface area contributed by atoms with Crippen LogP contribution in [0.2, 0.25) is 5.02 Å². The summed E-state index contributed by atoms with van der Waals surface area (Å²) in [6.45, 7) is 0. The lowest BCUT2D eigenvalue weighted by atomic mass is 10.0. The second kappa shape index (κ2) is 4.98. The van der Waals surface area contributed by atoms with Crippen LogP contribution >= 0.6 is 11.6 Å². The Labute approximate surface area is 119 Å². The van der Waals surface area contributed by atoms with Crippen LogP contribution in [0.3, 0.4) is 0 Å². The van der Waals surface area contributed by atoms with Crippen molar-refractivity contribution < 1.29 is 8.91 Å². The van der Waals surface area contributed by atoms with Crippen molar-refractivity contribution in [1.82, 2.24) is 5.16 Å². The third-order valence-electron chi connectivity index (χ3n) is 2.99. The van der Waals surface area contributed by atoms with Gasteiger partial charge in [0.25, 0.3) is 0 Å². The van der Waals surface area contributed by atoms with Gasteiger partial charge in [0.2, 0.25) is 5.88 Å². The first-order valence-corrected chi connectivity index (χ1v) is 6.31. The fraction of sp³-hybridized carbons (Fsp3) is 0. The maximum absolute atomic E-state index is 13.9. The number of nitrogens with zero attached hydrogens (tertiary/aromatic N) is 1. The molecule has 3 rings (SSSR count). The summed E-state index contributed by atoms with van der Waals surface area (Å²) in [6.07, 6.45) is 0. The Morgan fingerprint density at radius 3 is 2.35 bits per heavy atom. The second-order valence-electron chi connectivity index (χ2n) is 4.23. The van der Waals surface area contributed by atoms with Gasteiger partial charge in [-0.25, -0.2) is 4.39 Å². The van der Waals surface area contributed by atoms with E-state index < -0.39 is 5.82 Å². The molecule has 1 aromatic heterocycles. The van der Waals surface area contributed by atoms with Crippen molar-refractivity contribution in [3.8, 4) is 22.4 Å². The molecule has 0 aliphatic rings. The van der Waals surface area contributed by atoms with E-state index in [9.17, 15) is 4.39 Å². The molecule has 3 nitrogen and oxygen atoms in total. The van der Waals surface area contributed by atoms with E-state index in [-0.39, 0.29) is 5.88 Å². The molecular weight excluding hydrogens is 279 g/mol. The number of benzene rings is 2. The van der Waals surface area contributed by atoms with Crippen molar-refractivity contribution in [2.45, 2.75) is 0 Å². The Kier molecular flexibility index (Phi) is 3.16. The Morgan fingerprint density at radius 1 is 1.00 bits per heavy atom. The van der Waals surface area contributed by atoms with Gasteiger partial charge >= 0.3 is 0 Å². The lowest BCUT2D eigenvalue weighted by molar-refractivity contribution is 0.439. The third kappa shape index (κ3) is 2.04. The monoisotopic (exact) mass is 288 g/mol. The van der Waals surface area contributed by atoms with E-state index in [1.165, 1.54) is 6.07 Å². The summed E-state index contributed by atoms with van der Waals surface area (Å²) >= 11 is 6.17. The van der Waals surface area contributed by atoms with E-state index in [0.29, 0.717) is 27.4 Å². The number of anilines is 1. The molecule has 2 aromatic carbocycles. The average Bonchev–Trinajstić information content (AvgIpc) is 2.82. The minimum absolute atomic E-state index is 0.108. The van der Waals surface area contributed by atoms with Gasteiger partial charge in [-0.05, 0) is 18.2 Å². The zero-order chi connectivity index (χ0) is 14.1. The number of rotatable bonds is 2. The largest absolute Gasteiger partial charge is 0.367 e. The van der Waals surface area contributed by atoms with Gasteiger partial charge < -0.3 is 10.3 Å². The Hall–Kier alpha value is -2.33. The van der Waals surface area contributed by atoms with Crippen LogP contribution in [0, 0.1) is 5.82 Å². The molecule has 0 aliphatic heterocycles. The molecule has 0 saturated heterocycles. The summed E-state index contributed by atoms with van der Waals surface area (Å²) in [4.78, 5) is 0. The van der Waals surface area contributed by atoms with Gasteiger partial charge in [0.05, 0.1) is 5.56 Å². The normalized spacial score (nSPS) is 10.7. The average molecular weight is 289 g/mol. The van der Waals surface area contributed by atoms with E-state index in [1.807, 2.05) is 6.07 Å². The van der Waals surface area contributed by atoms with Gasteiger partial charge in [-0.2, -0.15) is 0 Å². The predicted octanol–water partition coefficient (Wildman–Crippen LogP) is 4.38. The fourth-order valence-electron chi connectivity index (χ4n) is 2.06. The van der Waals surface area contributed by atoms with Crippen molar-refractivity contribution in [2.24, 2.45) is 0 Å². The first-order valence-electron chi connectivity index (χ1n) is 5.93. The molecule has 5 heteroatoms. The number of aromatic nitrogens is 1. The molecule has 0 bridgehead atoms. The Morgan fingerprint density at radius 2 is 1.65 bits per heavy atom. The van der Waals surface area contributed by atoms with E-state index in [0.717, 1.165) is 0 Å². The molecule has 2 N–H and O–H groups in total. The molecule has 0 amide bonds. The van der Waals surface area contributed by atoms with E-state index in [1.54, 1.807) is 36.4 Å². The number of hydrogen-bond donors (Lipinski definition) is 1. The van der Waals surface area contributed by atoms with E-state index >= 15 is 0 Å². The van der Waals surface area contributed by atoms with Crippen LogP contribution in [-0.2, 0) is 0 Å². The summed E-state index contributed by atoms with van der Waals surface area (Å²) < 4.78 is 18.9. The molecule has 20 heavy (non-hydrogen) atoms. The summed E-state index contributed by atoms with van der Waals surface area (Å²) in [5.74, 6) is -0.287. The molecule has 0 aliphatic carbocycles. The van der Waals surface area contributed by atoms with Crippen molar-refractivity contribution in [3.63, 3.8) is 0 Å². The molecule has 0 radical (unpaired) electrons. The number of nitrogen functional groups attached to an aromatic ring is 1. The minimum atomic E-state index is -0.394. The molecule has 100 valence electrons. The van der Waals surface area contributed by atoms with Crippen molar-refractivity contribution in [1.29, 1.82) is 0 Å². The smallest absolute Gasteiger partial charge is 0.230 e. The van der Waals surface area contributed by atoms with Crippen LogP contribution in [0.15, 0.2) is 53.1 Å². The van der Waals surface area contributed by atoms with Crippen LogP contribution in [0.4, 0.5) is 10.3 Å². The van der Waals surface area contributed by atoms with Gasteiger partial charge in [-0.15, -0.1) is 0 Å². The predicted molar refractivity (Wildman–Crippen MR) is 76.8 cm³/mol. The standard InChI is InChI=1S/C15H10ClFN2O/c16-11-7-3-1-5-9(11)13-14(19-20-15(13)18)10-6-2-4-8-12(10)17/h1-8H,18H2. The lowest BCUT2D eigenvalue weighted by Crippen LogP contribution is -1.90. The van der Waals surface area contributed by atoms with Gasteiger partial charge in [0, 0.05) is 16.1 Å². The van der Waals surface area contributed by atoms with E-state index in [4.69, 9.17) is 21.9 Å². The zero-order valence-corrected chi connectivity index (χ0v) is 11.1. The lowest BCUT2D eigenvalue weighted by Gasteiger charge is -2.05. The summed E-state index contributed by atoms with van der Waals surface area (Å²) in [6, 6.07) is 13.4. The van der Waals surface area contributed by atoms with Crippen molar-refractivity contribution in [2.75, 3.05) is 5.73 Å². The first kappa shape index (κ1) is 12.7. The van der Waals surface area contributed by atoms with Crippen LogP contribution in [0.25, 0.3) is 22.4 Å². The van der Waals surface area contributed by atoms with Gasteiger partial charge in [0.1, 0.15) is 11.5 Å². The van der Waals surface area contributed by atoms with Gasteiger partial charge in [0.15, 0.2) is 0 Å².